The van der Waals surface area contributed by atoms with Crippen LogP contribution in [0, 0.1) is 6.92 Å². The van der Waals surface area contributed by atoms with Gasteiger partial charge in [0, 0.05) is 11.8 Å². The van der Waals surface area contributed by atoms with Crippen LogP contribution >= 0.6 is 0 Å². The molecule has 0 radical (unpaired) electrons. The minimum atomic E-state index is -3.20. The van der Waals surface area contributed by atoms with Crippen LogP contribution in [0.2, 0.25) is 0 Å². The summed E-state index contributed by atoms with van der Waals surface area (Å²) in [5.41, 5.74) is 1.47. The quantitative estimate of drug-likeness (QED) is 0.817. The maximum absolute atomic E-state index is 11.7. The van der Waals surface area contributed by atoms with Crippen molar-refractivity contribution in [1.29, 1.82) is 0 Å². The van der Waals surface area contributed by atoms with E-state index in [-0.39, 0.29) is 5.41 Å². The zero-order valence-electron chi connectivity index (χ0n) is 11.3. The lowest BCUT2D eigenvalue weighted by atomic mass is 9.86. The summed E-state index contributed by atoms with van der Waals surface area (Å²) < 4.78 is 28.7. The number of sulfone groups is 1. The molecule has 3 nitrogen and oxygen atoms in total. The van der Waals surface area contributed by atoms with Gasteiger partial charge in [-0.2, -0.15) is 0 Å². The van der Waals surface area contributed by atoms with Gasteiger partial charge in [-0.25, -0.2) is 8.42 Å². The Morgan fingerprint density at radius 3 is 2.06 bits per heavy atom. The van der Waals surface area contributed by atoms with Crippen molar-refractivity contribution < 1.29 is 13.2 Å². The molecular formula is C13H20O3S. The van der Waals surface area contributed by atoms with Crippen molar-refractivity contribution in [2.24, 2.45) is 0 Å². The summed E-state index contributed by atoms with van der Waals surface area (Å²) >= 11 is 0. The van der Waals surface area contributed by atoms with E-state index < -0.39 is 9.84 Å². The van der Waals surface area contributed by atoms with Crippen LogP contribution < -0.4 is 4.74 Å². The van der Waals surface area contributed by atoms with Crippen LogP contribution in [0.4, 0.5) is 0 Å². The second kappa shape index (κ2) is 4.33. The largest absolute Gasteiger partial charge is 0.496 e. The summed E-state index contributed by atoms with van der Waals surface area (Å²) in [7, 11) is -1.60. The van der Waals surface area contributed by atoms with E-state index in [1.807, 2.05) is 20.8 Å². The third kappa shape index (κ3) is 3.00. The number of rotatable bonds is 2. The minimum absolute atomic E-state index is 0.154. The van der Waals surface area contributed by atoms with E-state index in [4.69, 9.17) is 4.74 Å². The molecule has 0 aliphatic carbocycles. The highest BCUT2D eigenvalue weighted by Gasteiger charge is 2.23. The zero-order chi connectivity index (χ0) is 13.4. The number of hydrogen-bond acceptors (Lipinski definition) is 3. The third-order valence-electron chi connectivity index (χ3n) is 2.70. The fourth-order valence-corrected chi connectivity index (χ4v) is 2.79. The van der Waals surface area contributed by atoms with Gasteiger partial charge in [-0.1, -0.05) is 20.8 Å². The van der Waals surface area contributed by atoms with Gasteiger partial charge < -0.3 is 4.74 Å². The molecule has 0 aromatic heterocycles. The van der Waals surface area contributed by atoms with Crippen LogP contribution in [0.25, 0.3) is 0 Å². The van der Waals surface area contributed by atoms with Crippen LogP contribution in [-0.2, 0) is 15.3 Å². The fraction of sp³-hybridized carbons (Fsp3) is 0.538. The highest BCUT2D eigenvalue weighted by Crippen LogP contribution is 2.34. The number of methoxy groups -OCH3 is 1. The molecule has 0 saturated heterocycles. The molecule has 0 heterocycles. The highest BCUT2D eigenvalue weighted by atomic mass is 32.2. The number of aryl methyl sites for hydroxylation is 1. The lowest BCUT2D eigenvalue weighted by Gasteiger charge is -2.23. The van der Waals surface area contributed by atoms with Crippen molar-refractivity contribution in [2.75, 3.05) is 13.4 Å². The minimum Gasteiger partial charge on any atom is -0.496 e. The van der Waals surface area contributed by atoms with E-state index >= 15 is 0 Å². The molecule has 0 fully saturated rings. The second-order valence-electron chi connectivity index (χ2n) is 5.34. The van der Waals surface area contributed by atoms with Crippen LogP contribution in [0.1, 0.15) is 31.9 Å². The smallest absolute Gasteiger partial charge is 0.175 e. The van der Waals surface area contributed by atoms with Gasteiger partial charge in [-0.05, 0) is 30.0 Å². The Balaban J connectivity index is 3.61. The Hall–Kier alpha value is -1.03. The molecule has 0 aliphatic rings. The fourth-order valence-electron chi connectivity index (χ4n) is 1.82. The van der Waals surface area contributed by atoms with E-state index in [1.54, 1.807) is 26.2 Å². The molecule has 1 aromatic carbocycles. The summed E-state index contributed by atoms with van der Waals surface area (Å²) in [5.74, 6) is 0.738. The van der Waals surface area contributed by atoms with Crippen LogP contribution in [-0.4, -0.2) is 21.8 Å². The molecule has 1 rings (SSSR count). The first-order valence-corrected chi connectivity index (χ1v) is 7.35. The first kappa shape index (κ1) is 14.0. The normalized spacial score (nSPS) is 12.6. The van der Waals surface area contributed by atoms with Crippen LogP contribution in [0.3, 0.4) is 0 Å². The van der Waals surface area contributed by atoms with Gasteiger partial charge in [0.05, 0.1) is 12.0 Å². The SMILES string of the molecule is COc1cc(C)c(S(C)(=O)=O)cc1C(C)(C)C. The number of ether oxygens (including phenoxy) is 1. The third-order valence-corrected chi connectivity index (χ3v) is 3.94. The van der Waals surface area contributed by atoms with Gasteiger partial charge in [0.1, 0.15) is 5.75 Å². The summed E-state index contributed by atoms with van der Waals surface area (Å²) in [4.78, 5) is 0.378. The van der Waals surface area contributed by atoms with E-state index in [2.05, 4.69) is 0 Å². The highest BCUT2D eigenvalue weighted by molar-refractivity contribution is 7.90. The lowest BCUT2D eigenvalue weighted by molar-refractivity contribution is 0.396. The summed E-state index contributed by atoms with van der Waals surface area (Å²) in [6, 6.07) is 3.51. The molecule has 17 heavy (non-hydrogen) atoms. The molecule has 0 saturated carbocycles. The van der Waals surface area contributed by atoms with Gasteiger partial charge in [0.2, 0.25) is 0 Å². The van der Waals surface area contributed by atoms with Gasteiger partial charge in [-0.15, -0.1) is 0 Å². The molecular weight excluding hydrogens is 236 g/mol. The van der Waals surface area contributed by atoms with Crippen molar-refractivity contribution >= 4 is 9.84 Å². The van der Waals surface area contributed by atoms with Gasteiger partial charge in [0.15, 0.2) is 9.84 Å². The molecule has 96 valence electrons. The molecule has 0 bridgehead atoms. The summed E-state index contributed by atoms with van der Waals surface area (Å²) in [6.45, 7) is 7.89. The van der Waals surface area contributed by atoms with E-state index in [1.165, 1.54) is 6.26 Å². The van der Waals surface area contributed by atoms with E-state index in [0.29, 0.717) is 4.90 Å². The summed E-state index contributed by atoms with van der Waals surface area (Å²) in [6.07, 6.45) is 1.23. The molecule has 1 aromatic rings. The second-order valence-corrected chi connectivity index (χ2v) is 7.32. The van der Waals surface area contributed by atoms with Crippen molar-refractivity contribution in [3.63, 3.8) is 0 Å². The van der Waals surface area contributed by atoms with Crippen LogP contribution in [0.15, 0.2) is 17.0 Å². The van der Waals surface area contributed by atoms with Crippen molar-refractivity contribution in [3.8, 4) is 5.75 Å². The molecule has 0 atom stereocenters. The van der Waals surface area contributed by atoms with Crippen molar-refractivity contribution in [2.45, 2.75) is 38.0 Å². The molecule has 0 aliphatic heterocycles. The van der Waals surface area contributed by atoms with E-state index in [0.717, 1.165) is 16.9 Å². The molecule has 4 heteroatoms. The average Bonchev–Trinajstić information content (AvgIpc) is 2.13. The van der Waals surface area contributed by atoms with Gasteiger partial charge in [-0.3, -0.25) is 0 Å². The first-order chi connectivity index (χ1) is 7.57. The predicted molar refractivity (Wildman–Crippen MR) is 69.5 cm³/mol. The first-order valence-electron chi connectivity index (χ1n) is 5.46. The molecule has 0 amide bonds. The lowest BCUT2D eigenvalue weighted by Crippen LogP contribution is -2.15. The average molecular weight is 256 g/mol. The maximum Gasteiger partial charge on any atom is 0.175 e. The predicted octanol–water partition coefficient (Wildman–Crippen LogP) is 2.70. The van der Waals surface area contributed by atoms with Gasteiger partial charge in [0.25, 0.3) is 0 Å². The number of benzene rings is 1. The molecule has 0 unspecified atom stereocenters. The molecule has 0 spiro atoms. The van der Waals surface area contributed by atoms with Crippen LogP contribution in [0.5, 0.6) is 5.75 Å². The standard InChI is InChI=1S/C13H20O3S/c1-9-7-11(16-5)10(13(2,3)4)8-12(9)17(6,14)15/h7-8H,1-6H3. The summed E-state index contributed by atoms with van der Waals surface area (Å²) in [5, 5.41) is 0. The topological polar surface area (TPSA) is 43.4 Å². The Morgan fingerprint density at radius 1 is 1.18 bits per heavy atom. The van der Waals surface area contributed by atoms with E-state index in [9.17, 15) is 8.42 Å². The maximum atomic E-state index is 11.7. The van der Waals surface area contributed by atoms with Crippen molar-refractivity contribution in [1.82, 2.24) is 0 Å². The zero-order valence-corrected chi connectivity index (χ0v) is 12.1. The Bertz CT molecular complexity index is 522. The Labute approximate surface area is 104 Å². The molecule has 0 N–H and O–H groups in total. The Kier molecular flexibility index (Phi) is 3.58. The Morgan fingerprint density at radius 2 is 1.71 bits per heavy atom. The van der Waals surface area contributed by atoms with Gasteiger partial charge >= 0.3 is 0 Å². The monoisotopic (exact) mass is 256 g/mol. The number of hydrogen-bond donors (Lipinski definition) is 0. The van der Waals surface area contributed by atoms with Crippen molar-refractivity contribution in [3.05, 3.63) is 23.3 Å².